The molecule has 3 aliphatic rings. The average molecular weight is 535 g/mol. The minimum Gasteiger partial charge on any atom is -0.378 e. The van der Waals surface area contributed by atoms with E-state index in [1.54, 1.807) is 0 Å². The van der Waals surface area contributed by atoms with Crippen LogP contribution in [0.1, 0.15) is 0 Å². The molecule has 3 aliphatic heterocycles. The van der Waals surface area contributed by atoms with Crippen molar-refractivity contribution < 1.29 is 79.8 Å². The van der Waals surface area contributed by atoms with Crippen molar-refractivity contribution in [2.24, 2.45) is 0 Å². The molecule has 8 nitrogen and oxygen atoms in total. The summed E-state index contributed by atoms with van der Waals surface area (Å²) in [7, 11) is 4.47. The summed E-state index contributed by atoms with van der Waals surface area (Å²) < 4.78 is 34.2. The molecule has 1 aromatic rings. The SMILES string of the molecule is C1COCCN2CCOCCOCCN(CCO1)CCOCCOCC2.[K+].c1[cH-]ppp1. The maximum absolute atomic E-state index is 5.70. The van der Waals surface area contributed by atoms with Gasteiger partial charge in [-0.15, -0.1) is 0 Å². The van der Waals surface area contributed by atoms with Crippen LogP contribution in [0.25, 0.3) is 0 Å². The van der Waals surface area contributed by atoms with Crippen molar-refractivity contribution in [3.8, 4) is 0 Å². The Morgan fingerprint density at radius 1 is 0.500 bits per heavy atom. The van der Waals surface area contributed by atoms with Crippen molar-refractivity contribution >= 4 is 23.3 Å². The quantitative estimate of drug-likeness (QED) is 0.337. The number of nitrogens with zero attached hydrogens (tertiary/aromatic N) is 2. The van der Waals surface area contributed by atoms with E-state index in [0.29, 0.717) is 79.3 Å². The van der Waals surface area contributed by atoms with Gasteiger partial charge in [0.25, 0.3) is 0 Å². The second-order valence-corrected chi connectivity index (χ2v) is 11.7. The number of hydrogen-bond donors (Lipinski definition) is 0. The van der Waals surface area contributed by atoms with Crippen LogP contribution in [0.2, 0.25) is 0 Å². The Balaban J connectivity index is 0.000000750. The number of ether oxygens (including phenoxy) is 6. The molecule has 3 saturated heterocycles. The standard InChI is InChI=1S/C18H36N2O6.C2H2P3.K/c1-7-21-13-14-24-10-4-20-5-11-25-17-15-22-8-2-19(1)3-9-23-16-18-26-12-6-20;1-2-4-5-3-1;/h1-18H2;1-2H;/q;-1;+1. The summed E-state index contributed by atoms with van der Waals surface area (Å²) in [4.78, 5) is 4.62. The van der Waals surface area contributed by atoms with Gasteiger partial charge in [-0.3, -0.25) is 9.80 Å². The molecule has 0 saturated carbocycles. The van der Waals surface area contributed by atoms with Gasteiger partial charge in [-0.2, -0.15) is 5.80 Å². The fourth-order valence-corrected chi connectivity index (χ4v) is 6.82. The van der Waals surface area contributed by atoms with Gasteiger partial charge in [0.1, 0.15) is 0 Å². The summed E-state index contributed by atoms with van der Waals surface area (Å²) in [6, 6.07) is 0. The first-order valence-electron chi connectivity index (χ1n) is 11.1. The van der Waals surface area contributed by atoms with Crippen molar-refractivity contribution in [1.29, 1.82) is 0 Å². The smallest absolute Gasteiger partial charge is 0.378 e. The van der Waals surface area contributed by atoms with E-state index in [0.717, 1.165) is 39.3 Å². The predicted molar refractivity (Wildman–Crippen MR) is 127 cm³/mol. The van der Waals surface area contributed by atoms with Crippen LogP contribution < -0.4 is 51.4 Å². The molecule has 0 amide bonds. The third-order valence-corrected chi connectivity index (χ3v) is 9.02. The first-order chi connectivity index (χ1) is 15.4. The Morgan fingerprint density at radius 3 is 1.00 bits per heavy atom. The van der Waals surface area contributed by atoms with Crippen LogP contribution in [0.4, 0.5) is 0 Å². The van der Waals surface area contributed by atoms with E-state index in [-0.39, 0.29) is 51.4 Å². The van der Waals surface area contributed by atoms with Gasteiger partial charge in [-0.05, 0) is 0 Å². The van der Waals surface area contributed by atoms with Crippen molar-refractivity contribution in [3.63, 3.8) is 0 Å². The molecule has 2 bridgehead atoms. The average Bonchev–Trinajstić information content (AvgIpc) is 3.37. The minimum absolute atomic E-state index is 0. The van der Waals surface area contributed by atoms with Gasteiger partial charge in [0.05, 0.1) is 79.3 Å². The monoisotopic (exact) mass is 534 g/mol. The summed E-state index contributed by atoms with van der Waals surface area (Å²) in [5, 5.41) is 0. The zero-order valence-electron chi connectivity index (χ0n) is 19.6. The van der Waals surface area contributed by atoms with Gasteiger partial charge in [0.15, 0.2) is 0 Å². The predicted octanol–water partition coefficient (Wildman–Crippen LogP) is -0.133. The van der Waals surface area contributed by atoms with E-state index in [4.69, 9.17) is 28.4 Å². The third-order valence-electron chi connectivity index (χ3n) is 4.73. The zero-order chi connectivity index (χ0) is 21.7. The van der Waals surface area contributed by atoms with Crippen LogP contribution in [-0.2, 0) is 28.4 Å². The van der Waals surface area contributed by atoms with Crippen molar-refractivity contribution in [1.82, 2.24) is 9.80 Å². The van der Waals surface area contributed by atoms with Crippen LogP contribution in [0.5, 0.6) is 0 Å². The van der Waals surface area contributed by atoms with Crippen molar-refractivity contribution in [2.45, 2.75) is 0 Å². The molecular weight excluding hydrogens is 496 g/mol. The molecule has 3 fully saturated rings. The van der Waals surface area contributed by atoms with E-state index in [9.17, 15) is 0 Å². The van der Waals surface area contributed by atoms with Crippen LogP contribution >= 0.6 is 23.3 Å². The van der Waals surface area contributed by atoms with E-state index in [1.165, 1.54) is 23.3 Å². The maximum atomic E-state index is 5.70. The molecular formula is C20H38KN2O6P3. The molecule has 0 aromatic carbocycles. The van der Waals surface area contributed by atoms with E-state index < -0.39 is 0 Å². The normalized spacial score (nSPS) is 26.8. The molecule has 0 radical (unpaired) electrons. The topological polar surface area (TPSA) is 61.9 Å². The summed E-state index contributed by atoms with van der Waals surface area (Å²) in [6.07, 6.45) is 0. The van der Waals surface area contributed by atoms with Gasteiger partial charge < -0.3 is 34.2 Å². The summed E-state index contributed by atoms with van der Waals surface area (Å²) in [5.74, 6) is 4.37. The zero-order valence-corrected chi connectivity index (χ0v) is 25.4. The first-order valence-corrected chi connectivity index (χ1v) is 15.3. The van der Waals surface area contributed by atoms with Crippen LogP contribution in [-0.4, -0.2) is 128 Å². The second-order valence-electron chi connectivity index (χ2n) is 6.98. The number of rotatable bonds is 0. The molecule has 12 heteroatoms. The van der Waals surface area contributed by atoms with Crippen molar-refractivity contribution in [3.05, 3.63) is 11.6 Å². The Bertz CT molecular complexity index is 401. The van der Waals surface area contributed by atoms with Crippen LogP contribution in [0.3, 0.4) is 0 Å². The largest absolute Gasteiger partial charge is 1.00 e. The van der Waals surface area contributed by atoms with Crippen molar-refractivity contribution in [2.75, 3.05) is 119 Å². The number of fused-ring (bicyclic) bond motifs is 21. The van der Waals surface area contributed by atoms with Gasteiger partial charge >= 0.3 is 51.4 Å². The first kappa shape index (κ1) is 32.0. The molecule has 180 valence electrons. The van der Waals surface area contributed by atoms with Crippen LogP contribution in [0, 0.1) is 0 Å². The summed E-state index contributed by atoms with van der Waals surface area (Å²) in [6.45, 7) is 13.2. The number of hydrogen-bond acceptors (Lipinski definition) is 8. The fourth-order valence-electron chi connectivity index (χ4n) is 2.95. The summed E-state index contributed by atoms with van der Waals surface area (Å²) >= 11 is 0. The Morgan fingerprint density at radius 2 is 0.812 bits per heavy atom. The molecule has 1 aromatic heterocycles. The molecule has 0 unspecified atom stereocenters. The van der Waals surface area contributed by atoms with E-state index >= 15 is 0 Å². The second kappa shape index (κ2) is 24.6. The Hall–Kier alpha value is 1.96. The molecule has 4 heterocycles. The molecule has 0 atom stereocenters. The van der Waals surface area contributed by atoms with Gasteiger partial charge in [0, 0.05) is 39.3 Å². The molecule has 0 spiro atoms. The van der Waals surface area contributed by atoms with Crippen LogP contribution in [0.15, 0.2) is 11.6 Å². The molecule has 0 N–H and O–H groups in total. The van der Waals surface area contributed by atoms with E-state index in [2.05, 4.69) is 21.4 Å². The molecule has 0 aliphatic carbocycles. The molecule has 32 heavy (non-hydrogen) atoms. The maximum Gasteiger partial charge on any atom is 1.00 e. The minimum atomic E-state index is 0. The van der Waals surface area contributed by atoms with Gasteiger partial charge in [-0.1, -0.05) is 15.4 Å². The Labute approximate surface area is 240 Å². The van der Waals surface area contributed by atoms with Gasteiger partial charge in [0.2, 0.25) is 0 Å². The summed E-state index contributed by atoms with van der Waals surface area (Å²) in [5.41, 5.74) is 0. The van der Waals surface area contributed by atoms with E-state index in [1.807, 2.05) is 0 Å². The Kier molecular flexibility index (Phi) is 24.6. The van der Waals surface area contributed by atoms with Gasteiger partial charge in [-0.25, -0.2) is 7.87 Å². The fraction of sp³-hybridized carbons (Fsp3) is 0.900. The third kappa shape index (κ3) is 19.2. The molecule has 4 rings (SSSR count).